The molecule has 1 heterocycles. The lowest BCUT2D eigenvalue weighted by atomic mass is 9.80. The number of esters is 1. The van der Waals surface area contributed by atoms with Gasteiger partial charge in [-0.05, 0) is 34.1 Å². The molecule has 8 nitrogen and oxygen atoms in total. The zero-order valence-corrected chi connectivity index (χ0v) is 24.8. The molecule has 0 saturated carbocycles. The summed E-state index contributed by atoms with van der Waals surface area (Å²) >= 11 is 1.24. The summed E-state index contributed by atoms with van der Waals surface area (Å²) in [7, 11) is 0. The molecule has 1 aromatic heterocycles. The number of allylic oxidation sites excluding steroid dienone is 1. The second-order valence-electron chi connectivity index (χ2n) is 9.55. The molecule has 0 aliphatic heterocycles. The van der Waals surface area contributed by atoms with Gasteiger partial charge in [-0.1, -0.05) is 68.1 Å². The van der Waals surface area contributed by atoms with E-state index in [1.165, 1.54) is 35.2 Å². The fourth-order valence-corrected chi connectivity index (χ4v) is 5.42. The van der Waals surface area contributed by atoms with Crippen molar-refractivity contribution in [3.8, 4) is 11.8 Å². The van der Waals surface area contributed by atoms with E-state index in [1.807, 2.05) is 30.3 Å². The molecule has 0 saturated heterocycles. The zero-order valence-electron chi connectivity index (χ0n) is 23.9. The van der Waals surface area contributed by atoms with Crippen LogP contribution in [0, 0.1) is 28.9 Å². The lowest BCUT2D eigenvalue weighted by Crippen LogP contribution is -2.43. The number of carbonyl (C=O) groups is 1. The van der Waals surface area contributed by atoms with Gasteiger partial charge in [0.15, 0.2) is 6.79 Å². The van der Waals surface area contributed by atoms with E-state index in [2.05, 4.69) is 22.7 Å². The summed E-state index contributed by atoms with van der Waals surface area (Å²) in [5.74, 6) is -2.71. The highest BCUT2D eigenvalue weighted by atomic mass is 32.2. The van der Waals surface area contributed by atoms with Crippen LogP contribution in [-0.2, 0) is 28.2 Å². The molecule has 0 unspecified atom stereocenters. The van der Waals surface area contributed by atoms with E-state index < -0.39 is 35.9 Å². The van der Waals surface area contributed by atoms with Crippen molar-refractivity contribution in [2.75, 3.05) is 6.79 Å². The summed E-state index contributed by atoms with van der Waals surface area (Å²) in [6.45, 7) is 5.09. The van der Waals surface area contributed by atoms with Crippen molar-refractivity contribution in [2.24, 2.45) is 5.92 Å². The van der Waals surface area contributed by atoms with E-state index in [0.29, 0.717) is 10.7 Å². The van der Waals surface area contributed by atoms with E-state index in [-0.39, 0.29) is 30.7 Å². The average molecular weight is 617 g/mol. The van der Waals surface area contributed by atoms with Gasteiger partial charge in [0.05, 0.1) is 19.0 Å². The van der Waals surface area contributed by atoms with Gasteiger partial charge in [0.2, 0.25) is 0 Å². The predicted molar refractivity (Wildman–Crippen MR) is 162 cm³/mol. The normalized spacial score (nSPS) is 13.4. The van der Waals surface area contributed by atoms with Crippen LogP contribution in [0.3, 0.4) is 0 Å². The van der Waals surface area contributed by atoms with Gasteiger partial charge in [-0.2, -0.15) is 10.4 Å². The Morgan fingerprint density at radius 3 is 2.64 bits per heavy atom. The number of thioether (sulfide) groups is 1. The number of carbonyl (C=O) groups excluding carboxylic acids is 1. The van der Waals surface area contributed by atoms with Crippen LogP contribution in [0.4, 0.5) is 8.78 Å². The topological polar surface area (TPSA) is 99.3 Å². The maximum Gasteiger partial charge on any atom is 0.344 e. The van der Waals surface area contributed by atoms with Crippen molar-refractivity contribution in [1.82, 2.24) is 14.8 Å². The molecule has 0 amide bonds. The summed E-state index contributed by atoms with van der Waals surface area (Å²) in [6, 6.07) is 21.4. The monoisotopic (exact) mass is 616 g/mol. The SMILES string of the molecule is C=CS/C(=C/CC#N)[C@H](C)[C@@](Cn1cncn1)(OCOC(=O)c1ccccc1OCc1ccccc1)c1ccc(F)cc1F. The maximum absolute atomic E-state index is 15.6. The fraction of sp³-hybridized carbons (Fsp3) is 0.212. The number of aromatic nitrogens is 3. The van der Waals surface area contributed by atoms with Crippen molar-refractivity contribution in [3.05, 3.63) is 137 Å². The number of rotatable bonds is 15. The number of ether oxygens (including phenoxy) is 3. The summed E-state index contributed by atoms with van der Waals surface area (Å²) in [4.78, 5) is 17.9. The van der Waals surface area contributed by atoms with Gasteiger partial charge in [0.1, 0.15) is 47.8 Å². The lowest BCUT2D eigenvalue weighted by Gasteiger charge is -2.40. The molecule has 4 rings (SSSR count). The van der Waals surface area contributed by atoms with E-state index >= 15 is 4.39 Å². The summed E-state index contributed by atoms with van der Waals surface area (Å²) in [6.07, 6.45) is 4.50. The molecule has 0 radical (unpaired) electrons. The predicted octanol–water partition coefficient (Wildman–Crippen LogP) is 7.17. The second kappa shape index (κ2) is 15.6. The summed E-state index contributed by atoms with van der Waals surface area (Å²) < 4.78 is 48.9. The Labute approximate surface area is 258 Å². The quantitative estimate of drug-likeness (QED) is 0.102. The molecule has 4 aromatic rings. The van der Waals surface area contributed by atoms with Gasteiger partial charge in [0.25, 0.3) is 0 Å². The minimum absolute atomic E-state index is 0.00272. The highest BCUT2D eigenvalue weighted by Gasteiger charge is 2.44. The molecule has 0 aliphatic carbocycles. The molecule has 0 N–H and O–H groups in total. The third-order valence-corrected chi connectivity index (χ3v) is 7.80. The van der Waals surface area contributed by atoms with Gasteiger partial charge in [-0.15, -0.1) is 11.8 Å². The number of nitrogens with zero attached hydrogens (tertiary/aromatic N) is 4. The molecule has 3 aromatic carbocycles. The molecule has 226 valence electrons. The van der Waals surface area contributed by atoms with Crippen LogP contribution >= 0.6 is 11.8 Å². The van der Waals surface area contributed by atoms with Gasteiger partial charge in [-0.3, -0.25) is 0 Å². The Kier molecular flexibility index (Phi) is 11.4. The zero-order chi connectivity index (χ0) is 31.4. The number of hydrogen-bond acceptors (Lipinski definition) is 8. The van der Waals surface area contributed by atoms with Gasteiger partial charge >= 0.3 is 5.97 Å². The smallest absolute Gasteiger partial charge is 0.344 e. The van der Waals surface area contributed by atoms with Crippen molar-refractivity contribution in [2.45, 2.75) is 32.1 Å². The molecular formula is C33H30F2N4O4S. The Morgan fingerprint density at radius 2 is 1.93 bits per heavy atom. The Balaban J connectivity index is 1.66. The first kappa shape index (κ1) is 32.1. The first-order valence-corrected chi connectivity index (χ1v) is 14.4. The molecular weight excluding hydrogens is 586 g/mol. The van der Waals surface area contributed by atoms with Crippen LogP contribution in [-0.4, -0.2) is 27.5 Å². The van der Waals surface area contributed by atoms with Crippen LogP contribution in [0.1, 0.15) is 34.8 Å². The van der Waals surface area contributed by atoms with Crippen LogP contribution in [0.2, 0.25) is 0 Å². The van der Waals surface area contributed by atoms with Crippen molar-refractivity contribution >= 4 is 17.7 Å². The van der Waals surface area contributed by atoms with Crippen molar-refractivity contribution < 1.29 is 27.8 Å². The molecule has 0 aliphatic rings. The standard InChI is InChI=1S/C33H30F2N4O4S/c1-3-44-31(14-9-17-36)24(2)33(20-39-22-37-21-38-39,28-16-15-26(34)18-29(28)35)43-23-42-32(40)27-12-7-8-13-30(27)41-19-25-10-5-4-6-11-25/h3-8,10-16,18,21-22,24H,1,9,19-20,23H2,2H3/b31-14+/t24-,33+/m0/s1. The van der Waals surface area contributed by atoms with Crippen molar-refractivity contribution in [1.29, 1.82) is 5.26 Å². The Morgan fingerprint density at radius 1 is 1.16 bits per heavy atom. The summed E-state index contributed by atoms with van der Waals surface area (Å²) in [5.41, 5.74) is -0.513. The van der Waals surface area contributed by atoms with Crippen molar-refractivity contribution in [3.63, 3.8) is 0 Å². The molecule has 0 fully saturated rings. The highest BCUT2D eigenvalue weighted by molar-refractivity contribution is 8.05. The summed E-state index contributed by atoms with van der Waals surface area (Å²) in [5, 5.41) is 15.0. The first-order valence-electron chi connectivity index (χ1n) is 13.6. The van der Waals surface area contributed by atoms with Gasteiger partial charge < -0.3 is 14.2 Å². The molecule has 2 atom stereocenters. The number of benzene rings is 3. The minimum atomic E-state index is -1.60. The maximum atomic E-state index is 15.6. The Hall–Kier alpha value is -4.79. The third kappa shape index (κ3) is 7.98. The van der Waals surface area contributed by atoms with Crippen LogP contribution in [0.25, 0.3) is 0 Å². The molecule has 11 heteroatoms. The minimum Gasteiger partial charge on any atom is -0.488 e. The van der Waals surface area contributed by atoms with Gasteiger partial charge in [0, 0.05) is 17.5 Å². The first-order chi connectivity index (χ1) is 21.4. The largest absolute Gasteiger partial charge is 0.488 e. The number of para-hydroxylation sites is 1. The number of nitriles is 1. The van der Waals surface area contributed by atoms with Gasteiger partial charge in [-0.25, -0.2) is 23.2 Å². The average Bonchev–Trinajstić information content (AvgIpc) is 3.55. The van der Waals surface area contributed by atoms with E-state index in [9.17, 15) is 14.4 Å². The number of halogens is 2. The molecule has 0 spiro atoms. The Bertz CT molecular complexity index is 1630. The second-order valence-corrected chi connectivity index (χ2v) is 10.6. The van der Waals surface area contributed by atoms with E-state index in [0.717, 1.165) is 17.7 Å². The van der Waals surface area contributed by atoms with E-state index in [4.69, 9.17) is 14.2 Å². The van der Waals surface area contributed by atoms with Crippen LogP contribution in [0.15, 0.2) is 108 Å². The van der Waals surface area contributed by atoms with Crippen LogP contribution in [0.5, 0.6) is 5.75 Å². The fourth-order valence-electron chi connectivity index (χ4n) is 4.65. The molecule has 0 bridgehead atoms. The van der Waals surface area contributed by atoms with Crippen LogP contribution < -0.4 is 4.74 Å². The lowest BCUT2D eigenvalue weighted by molar-refractivity contribution is -0.154. The highest BCUT2D eigenvalue weighted by Crippen LogP contribution is 2.44. The number of hydrogen-bond donors (Lipinski definition) is 0. The molecule has 44 heavy (non-hydrogen) atoms. The van der Waals surface area contributed by atoms with E-state index in [1.54, 1.807) is 42.7 Å². The third-order valence-electron chi connectivity index (χ3n) is 6.84.